The zero-order valence-electron chi connectivity index (χ0n) is 12.4. The number of benzene rings is 1. The molecule has 23 heavy (non-hydrogen) atoms. The predicted octanol–water partition coefficient (Wildman–Crippen LogP) is 2.52. The minimum absolute atomic E-state index is 0.112. The SMILES string of the molecule is O=C(O)C1CCC(CN2Cc3cc(F)c(O)c(F)c3C2=O)CC1. The van der Waals surface area contributed by atoms with Gasteiger partial charge in [0.15, 0.2) is 17.4 Å². The number of carbonyl (C=O) groups excluding carboxylic acids is 1. The van der Waals surface area contributed by atoms with Gasteiger partial charge < -0.3 is 15.1 Å². The summed E-state index contributed by atoms with van der Waals surface area (Å²) in [6, 6.07) is 0.993. The number of aromatic hydroxyl groups is 1. The van der Waals surface area contributed by atoms with Crippen molar-refractivity contribution >= 4 is 11.9 Å². The molecule has 0 saturated heterocycles. The molecule has 0 radical (unpaired) electrons. The lowest BCUT2D eigenvalue weighted by molar-refractivity contribution is -0.143. The highest BCUT2D eigenvalue weighted by Gasteiger charge is 2.35. The Hall–Kier alpha value is -2.18. The molecule has 124 valence electrons. The van der Waals surface area contributed by atoms with Crippen LogP contribution < -0.4 is 0 Å². The number of carboxylic acids is 1. The van der Waals surface area contributed by atoms with Crippen molar-refractivity contribution in [2.75, 3.05) is 6.54 Å². The van der Waals surface area contributed by atoms with Gasteiger partial charge in [0.25, 0.3) is 5.91 Å². The van der Waals surface area contributed by atoms with Gasteiger partial charge in [-0.2, -0.15) is 0 Å². The number of carboxylic acid groups (broad SMARTS) is 1. The first-order valence-corrected chi connectivity index (χ1v) is 7.60. The summed E-state index contributed by atoms with van der Waals surface area (Å²) in [4.78, 5) is 24.7. The molecule has 0 atom stereocenters. The van der Waals surface area contributed by atoms with Crippen LogP contribution in [0, 0.1) is 23.5 Å². The molecule has 0 bridgehead atoms. The molecular weight excluding hydrogens is 308 g/mol. The van der Waals surface area contributed by atoms with Gasteiger partial charge in [-0.15, -0.1) is 0 Å². The van der Waals surface area contributed by atoms with Crippen LogP contribution in [0.1, 0.15) is 41.6 Å². The number of carbonyl (C=O) groups is 2. The van der Waals surface area contributed by atoms with Crippen LogP contribution in [0.5, 0.6) is 5.75 Å². The van der Waals surface area contributed by atoms with Gasteiger partial charge in [-0.25, -0.2) is 8.78 Å². The van der Waals surface area contributed by atoms with E-state index in [1.807, 2.05) is 0 Å². The summed E-state index contributed by atoms with van der Waals surface area (Å²) >= 11 is 0. The third kappa shape index (κ3) is 2.75. The quantitative estimate of drug-likeness (QED) is 0.895. The highest BCUT2D eigenvalue weighted by Crippen LogP contribution is 2.35. The van der Waals surface area contributed by atoms with Crippen LogP contribution in [0.15, 0.2) is 6.07 Å². The number of hydrogen-bond acceptors (Lipinski definition) is 3. The van der Waals surface area contributed by atoms with Crippen LogP contribution in [-0.4, -0.2) is 33.5 Å². The van der Waals surface area contributed by atoms with Crippen molar-refractivity contribution in [3.05, 3.63) is 28.8 Å². The minimum atomic E-state index is -1.21. The van der Waals surface area contributed by atoms with E-state index in [1.54, 1.807) is 0 Å². The number of aliphatic carboxylic acids is 1. The molecule has 1 aliphatic heterocycles. The Bertz CT molecular complexity index is 669. The van der Waals surface area contributed by atoms with E-state index in [-0.39, 0.29) is 29.5 Å². The molecule has 1 saturated carbocycles. The molecule has 0 aromatic heterocycles. The van der Waals surface area contributed by atoms with Crippen LogP contribution >= 0.6 is 0 Å². The van der Waals surface area contributed by atoms with E-state index >= 15 is 0 Å². The van der Waals surface area contributed by atoms with Gasteiger partial charge in [-0.3, -0.25) is 9.59 Å². The van der Waals surface area contributed by atoms with E-state index in [0.29, 0.717) is 32.2 Å². The summed E-state index contributed by atoms with van der Waals surface area (Å²) in [5.41, 5.74) is -0.0230. The summed E-state index contributed by atoms with van der Waals surface area (Å²) < 4.78 is 27.3. The maximum absolute atomic E-state index is 13.9. The van der Waals surface area contributed by atoms with Gasteiger partial charge in [-0.1, -0.05) is 0 Å². The van der Waals surface area contributed by atoms with Gasteiger partial charge >= 0.3 is 5.97 Å². The average Bonchev–Trinajstić information content (AvgIpc) is 2.81. The Morgan fingerprint density at radius 3 is 2.52 bits per heavy atom. The Morgan fingerprint density at radius 2 is 1.91 bits per heavy atom. The third-order valence-electron chi connectivity index (χ3n) is 4.81. The lowest BCUT2D eigenvalue weighted by Gasteiger charge is -2.29. The monoisotopic (exact) mass is 325 g/mol. The van der Waals surface area contributed by atoms with E-state index in [1.165, 1.54) is 4.90 Å². The highest BCUT2D eigenvalue weighted by molar-refractivity contribution is 5.99. The van der Waals surface area contributed by atoms with E-state index < -0.39 is 29.3 Å². The van der Waals surface area contributed by atoms with Crippen LogP contribution in [0.3, 0.4) is 0 Å². The summed E-state index contributed by atoms with van der Waals surface area (Å²) in [5.74, 6) is -4.92. The van der Waals surface area contributed by atoms with Gasteiger partial charge in [0.1, 0.15) is 0 Å². The maximum atomic E-state index is 13.9. The molecule has 1 aromatic carbocycles. The predicted molar refractivity (Wildman–Crippen MR) is 75.8 cm³/mol. The second-order valence-electron chi connectivity index (χ2n) is 6.30. The first-order chi connectivity index (χ1) is 10.9. The van der Waals surface area contributed by atoms with Crippen LogP contribution in [0.25, 0.3) is 0 Å². The molecule has 2 N–H and O–H groups in total. The zero-order chi connectivity index (χ0) is 16.7. The van der Waals surface area contributed by atoms with Gasteiger partial charge in [0, 0.05) is 13.1 Å². The van der Waals surface area contributed by atoms with Crippen LogP contribution in [0.2, 0.25) is 0 Å². The number of fused-ring (bicyclic) bond motifs is 1. The summed E-state index contributed by atoms with van der Waals surface area (Å²) in [6.45, 7) is 0.503. The van der Waals surface area contributed by atoms with E-state index in [2.05, 4.69) is 0 Å². The molecule has 1 heterocycles. The van der Waals surface area contributed by atoms with Gasteiger partial charge in [-0.05, 0) is 43.2 Å². The average molecular weight is 325 g/mol. The van der Waals surface area contributed by atoms with E-state index in [0.717, 1.165) is 6.07 Å². The zero-order valence-corrected chi connectivity index (χ0v) is 12.4. The molecule has 2 aliphatic rings. The lowest BCUT2D eigenvalue weighted by Crippen LogP contribution is -2.33. The number of nitrogens with zero attached hydrogens (tertiary/aromatic N) is 1. The minimum Gasteiger partial charge on any atom is -0.503 e. The van der Waals surface area contributed by atoms with Gasteiger partial charge in [0.2, 0.25) is 0 Å². The molecule has 3 rings (SSSR count). The number of amides is 1. The second-order valence-corrected chi connectivity index (χ2v) is 6.30. The Kier molecular flexibility index (Phi) is 3.95. The standard InChI is InChI=1S/C16H17F2NO4/c17-11-5-10-7-19(15(21)12(10)13(18)14(11)20)6-8-1-3-9(4-2-8)16(22)23/h5,8-9,20H,1-4,6-7H2,(H,22,23). The molecule has 0 unspecified atom stereocenters. The summed E-state index contributed by atoms with van der Waals surface area (Å²) in [6.07, 6.45) is 2.52. The smallest absolute Gasteiger partial charge is 0.306 e. The summed E-state index contributed by atoms with van der Waals surface area (Å²) in [7, 11) is 0. The maximum Gasteiger partial charge on any atom is 0.306 e. The Labute approximate surface area is 131 Å². The summed E-state index contributed by atoms with van der Waals surface area (Å²) in [5, 5.41) is 18.3. The second kappa shape index (κ2) is 5.79. The normalized spacial score (nSPS) is 23.9. The number of halogens is 2. The van der Waals surface area contributed by atoms with Crippen molar-refractivity contribution in [2.45, 2.75) is 32.2 Å². The molecule has 1 aliphatic carbocycles. The van der Waals surface area contributed by atoms with Crippen molar-refractivity contribution in [2.24, 2.45) is 11.8 Å². The van der Waals surface area contributed by atoms with Crippen molar-refractivity contribution < 1.29 is 28.6 Å². The third-order valence-corrected chi connectivity index (χ3v) is 4.81. The number of hydrogen-bond donors (Lipinski definition) is 2. The number of phenols is 1. The Morgan fingerprint density at radius 1 is 1.26 bits per heavy atom. The molecule has 7 heteroatoms. The lowest BCUT2D eigenvalue weighted by atomic mass is 9.82. The fourth-order valence-electron chi connectivity index (χ4n) is 3.50. The van der Waals surface area contributed by atoms with Crippen molar-refractivity contribution in [3.63, 3.8) is 0 Å². The van der Waals surface area contributed by atoms with Gasteiger partial charge in [0.05, 0.1) is 11.5 Å². The molecule has 1 fully saturated rings. The fourth-order valence-corrected chi connectivity index (χ4v) is 3.50. The Balaban J connectivity index is 1.69. The molecular formula is C16H17F2NO4. The topological polar surface area (TPSA) is 77.8 Å². The molecule has 1 aromatic rings. The molecule has 5 nitrogen and oxygen atoms in total. The van der Waals surface area contributed by atoms with Crippen molar-refractivity contribution in [1.29, 1.82) is 0 Å². The fraction of sp³-hybridized carbons (Fsp3) is 0.500. The molecule has 1 amide bonds. The number of phenolic OH excluding ortho intramolecular Hbond substituents is 1. The largest absolute Gasteiger partial charge is 0.503 e. The van der Waals surface area contributed by atoms with E-state index in [9.17, 15) is 23.5 Å². The molecule has 0 spiro atoms. The van der Waals surface area contributed by atoms with Crippen molar-refractivity contribution in [1.82, 2.24) is 4.90 Å². The first-order valence-electron chi connectivity index (χ1n) is 7.60. The van der Waals surface area contributed by atoms with Crippen LogP contribution in [0.4, 0.5) is 8.78 Å². The first kappa shape index (κ1) is 15.7. The van der Waals surface area contributed by atoms with Crippen LogP contribution in [-0.2, 0) is 11.3 Å². The van der Waals surface area contributed by atoms with E-state index in [4.69, 9.17) is 5.11 Å². The number of rotatable bonds is 3. The highest BCUT2D eigenvalue weighted by atomic mass is 19.1. The van der Waals surface area contributed by atoms with Crippen molar-refractivity contribution in [3.8, 4) is 5.75 Å².